The number of amides is 1. The van der Waals surface area contributed by atoms with Gasteiger partial charge in [0.05, 0.1) is 30.4 Å². The molecule has 1 saturated carbocycles. The number of carbonyl (C=O) groups excluding carboxylic acids is 1. The Hall–Kier alpha value is -4.36. The number of aromatic nitrogens is 2. The Labute approximate surface area is 228 Å². The lowest BCUT2D eigenvalue weighted by Crippen LogP contribution is -2.42. The first-order valence-corrected chi connectivity index (χ1v) is 13.5. The van der Waals surface area contributed by atoms with Crippen LogP contribution in [0.25, 0.3) is 22.4 Å². The Morgan fingerprint density at radius 2 is 1.93 bits per heavy atom. The summed E-state index contributed by atoms with van der Waals surface area (Å²) in [6.45, 7) is 2.75. The number of hydrogen-bond donors (Lipinski definition) is 4. The number of ether oxygens (including phenoxy) is 1. The molecule has 0 unspecified atom stereocenters. The summed E-state index contributed by atoms with van der Waals surface area (Å²) in [5.41, 5.74) is 8.56. The van der Waals surface area contributed by atoms with Crippen LogP contribution in [-0.4, -0.2) is 54.4 Å². The highest BCUT2D eigenvalue weighted by Crippen LogP contribution is 2.34. The van der Waals surface area contributed by atoms with E-state index in [0.29, 0.717) is 67.2 Å². The maximum absolute atomic E-state index is 12.7. The lowest BCUT2D eigenvalue weighted by atomic mass is 9.91. The summed E-state index contributed by atoms with van der Waals surface area (Å²) >= 11 is 0. The second kappa shape index (κ2) is 9.99. The van der Waals surface area contributed by atoms with Gasteiger partial charge >= 0.3 is 0 Å². The monoisotopic (exact) mass is 547 g/mol. The zero-order valence-electron chi connectivity index (χ0n) is 21.7. The maximum Gasteiger partial charge on any atom is 0.255 e. The molecule has 0 bridgehead atoms. The molecule has 1 saturated heterocycles. The number of nitrogens with one attached hydrogen (secondary N) is 3. The third-order valence-electron chi connectivity index (χ3n) is 7.70. The average Bonchev–Trinajstić information content (AvgIpc) is 3.69. The molecule has 13 heteroatoms. The van der Waals surface area contributed by atoms with Crippen molar-refractivity contribution in [1.82, 2.24) is 15.5 Å². The zero-order chi connectivity index (χ0) is 27.2. The van der Waals surface area contributed by atoms with Gasteiger partial charge in [-0.2, -0.15) is 0 Å². The molecule has 13 nitrogen and oxygen atoms in total. The molecule has 2 atom stereocenters. The van der Waals surface area contributed by atoms with Gasteiger partial charge in [0.1, 0.15) is 23.6 Å². The minimum Gasteiger partial charge on any atom is -0.456 e. The molecule has 5 N–H and O–H groups in total. The van der Waals surface area contributed by atoms with E-state index < -0.39 is 0 Å². The molecule has 4 aromatic rings. The normalized spacial score (nSPS) is 20.9. The summed E-state index contributed by atoms with van der Waals surface area (Å²) in [5, 5.41) is 13.6. The molecule has 0 aromatic carbocycles. The van der Waals surface area contributed by atoms with Crippen molar-refractivity contribution in [1.29, 1.82) is 0 Å². The van der Waals surface area contributed by atoms with Crippen LogP contribution in [0.4, 0.5) is 23.4 Å². The van der Waals surface area contributed by atoms with Crippen molar-refractivity contribution in [3.63, 3.8) is 0 Å². The Balaban J connectivity index is 1.19. The molecule has 7 rings (SSSR count). The highest BCUT2D eigenvalue weighted by molar-refractivity contribution is 6.03. The fourth-order valence-electron chi connectivity index (χ4n) is 5.57. The third-order valence-corrected chi connectivity index (χ3v) is 7.70. The predicted molar refractivity (Wildman–Crippen MR) is 146 cm³/mol. The van der Waals surface area contributed by atoms with Gasteiger partial charge in [-0.25, -0.2) is 4.98 Å². The average molecular weight is 548 g/mol. The fourth-order valence-corrected chi connectivity index (χ4v) is 5.57. The molecule has 3 aliphatic rings. The summed E-state index contributed by atoms with van der Waals surface area (Å²) < 4.78 is 22.6. The summed E-state index contributed by atoms with van der Waals surface area (Å²) in [7, 11) is 0. The highest BCUT2D eigenvalue weighted by Gasteiger charge is 2.28. The van der Waals surface area contributed by atoms with E-state index in [2.05, 4.69) is 21.1 Å². The molecule has 1 aliphatic carbocycles. The van der Waals surface area contributed by atoms with Crippen LogP contribution in [0, 0.1) is 0 Å². The van der Waals surface area contributed by atoms with E-state index in [0.717, 1.165) is 31.2 Å². The number of hydrogen-bond acceptors (Lipinski definition) is 12. The van der Waals surface area contributed by atoms with Crippen molar-refractivity contribution in [3.8, 4) is 11.3 Å². The van der Waals surface area contributed by atoms with Gasteiger partial charge in [-0.05, 0) is 24.5 Å². The fraction of sp³-hybridized carbons (Fsp3) is 0.407. The first-order valence-electron chi connectivity index (χ1n) is 13.5. The number of rotatable bonds is 6. The Morgan fingerprint density at radius 1 is 1.07 bits per heavy atom. The Bertz CT molecular complexity index is 1640. The second-order valence-electron chi connectivity index (χ2n) is 10.3. The van der Waals surface area contributed by atoms with E-state index in [4.69, 9.17) is 28.8 Å². The zero-order valence-corrected chi connectivity index (χ0v) is 21.7. The first kappa shape index (κ1) is 24.7. The smallest absolute Gasteiger partial charge is 0.255 e. The van der Waals surface area contributed by atoms with E-state index in [1.165, 1.54) is 12.3 Å². The van der Waals surface area contributed by atoms with Crippen molar-refractivity contribution in [3.05, 3.63) is 45.8 Å². The first-order chi connectivity index (χ1) is 19.5. The van der Waals surface area contributed by atoms with Crippen LogP contribution >= 0.6 is 0 Å². The summed E-state index contributed by atoms with van der Waals surface area (Å²) in [5.74, 6) is 1.47. The van der Waals surface area contributed by atoms with Crippen LogP contribution < -0.4 is 32.0 Å². The van der Waals surface area contributed by atoms with E-state index >= 15 is 0 Å². The SMILES string of the molecule is N[C@@H]1CCCC[C@@H]1Nc1cc2c(c(Nc3cc(-c4coc5c(=O)cc(N6CCOCC6)oc45)no3)n1)C(=O)NC2. The highest BCUT2D eigenvalue weighted by atomic mass is 16.5. The van der Waals surface area contributed by atoms with E-state index in [9.17, 15) is 9.59 Å². The number of morpholine rings is 1. The molecule has 2 fully saturated rings. The Morgan fingerprint density at radius 3 is 2.77 bits per heavy atom. The van der Waals surface area contributed by atoms with Gasteiger partial charge in [-0.15, -0.1) is 0 Å². The van der Waals surface area contributed by atoms with Crippen molar-refractivity contribution < 1.29 is 22.9 Å². The van der Waals surface area contributed by atoms with E-state index in [1.54, 1.807) is 6.07 Å². The molecular formula is C27H29N7O6. The molecule has 0 radical (unpaired) electrons. The minimum atomic E-state index is -0.288. The number of nitrogens with two attached hydrogens (primary N) is 1. The van der Waals surface area contributed by atoms with Crippen LogP contribution in [0.2, 0.25) is 0 Å². The van der Waals surface area contributed by atoms with Gasteiger partial charge in [0, 0.05) is 37.8 Å². The van der Waals surface area contributed by atoms with Crippen LogP contribution in [0.3, 0.4) is 0 Å². The van der Waals surface area contributed by atoms with Crippen molar-refractivity contribution in [2.45, 2.75) is 44.3 Å². The topological polar surface area (TPSA) is 174 Å². The lowest BCUT2D eigenvalue weighted by molar-refractivity contribution is 0.0966. The van der Waals surface area contributed by atoms with E-state index in [1.807, 2.05) is 11.0 Å². The number of pyridine rings is 1. The molecule has 208 valence electrons. The van der Waals surface area contributed by atoms with Crippen molar-refractivity contribution in [2.75, 3.05) is 41.8 Å². The van der Waals surface area contributed by atoms with Gasteiger partial charge in [-0.3, -0.25) is 9.59 Å². The predicted octanol–water partition coefficient (Wildman–Crippen LogP) is 2.94. The number of fused-ring (bicyclic) bond motifs is 2. The third kappa shape index (κ3) is 4.46. The maximum atomic E-state index is 12.7. The summed E-state index contributed by atoms with van der Waals surface area (Å²) in [4.78, 5) is 32.0. The van der Waals surface area contributed by atoms with Crippen LogP contribution in [0.5, 0.6) is 0 Å². The molecule has 2 aliphatic heterocycles. The summed E-state index contributed by atoms with van der Waals surface area (Å²) in [6, 6.07) is 5.11. The second-order valence-corrected chi connectivity index (χ2v) is 10.3. The van der Waals surface area contributed by atoms with Gasteiger partial charge in [0.25, 0.3) is 5.91 Å². The van der Waals surface area contributed by atoms with Crippen LogP contribution in [-0.2, 0) is 11.3 Å². The van der Waals surface area contributed by atoms with Crippen LogP contribution in [0.15, 0.2) is 42.6 Å². The number of anilines is 4. The summed E-state index contributed by atoms with van der Waals surface area (Å²) in [6.07, 6.45) is 5.58. The molecular weight excluding hydrogens is 518 g/mol. The largest absolute Gasteiger partial charge is 0.456 e. The Kier molecular flexibility index (Phi) is 6.16. The number of furan rings is 1. The van der Waals surface area contributed by atoms with E-state index in [-0.39, 0.29) is 40.5 Å². The minimum absolute atomic E-state index is 0.0467. The van der Waals surface area contributed by atoms with Crippen molar-refractivity contribution >= 4 is 40.5 Å². The molecule has 0 spiro atoms. The van der Waals surface area contributed by atoms with Gasteiger partial charge < -0.3 is 44.7 Å². The standard InChI is InChI=1S/C27H29N7O6/c28-16-3-1-2-4-17(16)30-20-9-14-12-29-27(36)23(14)26(31-20)32-21-10-18(33-40-21)15-13-38-25-19(35)11-22(39-24(15)25)34-5-7-37-8-6-34/h9-11,13,16-17H,1-8,12,28H2,(H,29,36)(H2,30,31,32)/t16-,17+/m1/s1. The van der Waals surface area contributed by atoms with Gasteiger partial charge in [0.15, 0.2) is 11.5 Å². The van der Waals surface area contributed by atoms with Crippen LogP contribution in [0.1, 0.15) is 41.6 Å². The number of nitrogens with zero attached hydrogens (tertiary/aromatic N) is 3. The molecule has 4 aromatic heterocycles. The lowest BCUT2D eigenvalue weighted by Gasteiger charge is -2.30. The van der Waals surface area contributed by atoms with Gasteiger partial charge in [0.2, 0.25) is 16.9 Å². The number of carbonyl (C=O) groups is 1. The van der Waals surface area contributed by atoms with Crippen molar-refractivity contribution in [2.24, 2.45) is 5.73 Å². The quantitative estimate of drug-likeness (QED) is 0.278. The molecule has 6 heterocycles. The molecule has 1 amide bonds. The molecule has 40 heavy (non-hydrogen) atoms. The van der Waals surface area contributed by atoms with Gasteiger partial charge in [-0.1, -0.05) is 18.0 Å².